The molecule has 2 N–H and O–H groups in total. The second-order valence-electron chi connectivity index (χ2n) is 3.84. The first-order valence-electron chi connectivity index (χ1n) is 5.26. The monoisotopic (exact) mass is 249 g/mol. The summed E-state index contributed by atoms with van der Waals surface area (Å²) in [4.78, 5) is 11.6. The number of nitrogens with two attached hydrogens (primary N) is 1. The Labute approximate surface area is 103 Å². The Bertz CT molecular complexity index is 580. The lowest BCUT2D eigenvalue weighted by Crippen LogP contribution is -2.07. The minimum Gasteiger partial charge on any atom is -0.457 e. The number of hydrogen-bond donors (Lipinski definition) is 1. The first kappa shape index (κ1) is 12.1. The summed E-state index contributed by atoms with van der Waals surface area (Å²) in [7, 11) is 1.75. The molecule has 0 aliphatic carbocycles. The number of hydrogen-bond acceptors (Lipinski definition) is 4. The second-order valence-corrected chi connectivity index (χ2v) is 3.84. The van der Waals surface area contributed by atoms with Gasteiger partial charge in [-0.3, -0.25) is 4.68 Å². The van der Waals surface area contributed by atoms with Crippen LogP contribution in [-0.2, 0) is 18.4 Å². The molecule has 0 fully saturated rings. The van der Waals surface area contributed by atoms with Crippen LogP contribution in [0.25, 0.3) is 0 Å². The van der Waals surface area contributed by atoms with Gasteiger partial charge in [-0.05, 0) is 18.2 Å². The van der Waals surface area contributed by atoms with Gasteiger partial charge in [0.15, 0.2) is 0 Å². The first-order chi connectivity index (χ1) is 8.56. The van der Waals surface area contributed by atoms with E-state index in [1.54, 1.807) is 24.1 Å². The first-order valence-corrected chi connectivity index (χ1v) is 5.26. The number of aromatic nitrogens is 2. The number of rotatable bonds is 3. The highest BCUT2D eigenvalue weighted by Crippen LogP contribution is 2.13. The summed E-state index contributed by atoms with van der Waals surface area (Å²) in [5.41, 5.74) is 6.26. The van der Waals surface area contributed by atoms with Crippen molar-refractivity contribution < 1.29 is 13.9 Å². The highest BCUT2D eigenvalue weighted by Gasteiger charge is 2.13. The Morgan fingerprint density at radius 1 is 1.56 bits per heavy atom. The number of carbonyl (C=O) groups is 1. The molecule has 0 spiro atoms. The molecule has 0 amide bonds. The minimum atomic E-state index is -0.726. The lowest BCUT2D eigenvalue weighted by Gasteiger charge is -2.04. The van der Waals surface area contributed by atoms with Crippen molar-refractivity contribution in [3.05, 3.63) is 47.5 Å². The van der Waals surface area contributed by atoms with Crippen molar-refractivity contribution in [2.75, 3.05) is 5.73 Å². The van der Waals surface area contributed by atoms with Gasteiger partial charge < -0.3 is 10.5 Å². The third-order valence-corrected chi connectivity index (χ3v) is 2.34. The number of esters is 1. The van der Waals surface area contributed by atoms with Crippen LogP contribution in [0, 0.1) is 5.82 Å². The van der Waals surface area contributed by atoms with E-state index in [2.05, 4.69) is 5.10 Å². The number of ether oxygens (including phenoxy) is 1. The molecule has 1 heterocycles. The topological polar surface area (TPSA) is 70.1 Å². The van der Waals surface area contributed by atoms with Gasteiger partial charge in [-0.1, -0.05) is 0 Å². The normalized spacial score (nSPS) is 10.3. The molecule has 1 aromatic carbocycles. The average Bonchev–Trinajstić information content (AvgIpc) is 2.72. The second kappa shape index (κ2) is 4.87. The third-order valence-electron chi connectivity index (χ3n) is 2.34. The van der Waals surface area contributed by atoms with Crippen molar-refractivity contribution in [2.24, 2.45) is 7.05 Å². The number of halogens is 1. The fourth-order valence-corrected chi connectivity index (χ4v) is 1.47. The maximum Gasteiger partial charge on any atom is 0.341 e. The third kappa shape index (κ3) is 2.65. The van der Waals surface area contributed by atoms with E-state index in [9.17, 15) is 9.18 Å². The summed E-state index contributed by atoms with van der Waals surface area (Å²) in [6.07, 6.45) is 3.29. The van der Waals surface area contributed by atoms with Gasteiger partial charge in [-0.25, -0.2) is 9.18 Å². The molecule has 2 aromatic rings. The van der Waals surface area contributed by atoms with Crippen LogP contribution in [0.5, 0.6) is 0 Å². The van der Waals surface area contributed by atoms with Crippen molar-refractivity contribution in [1.29, 1.82) is 0 Å². The van der Waals surface area contributed by atoms with E-state index in [1.807, 2.05) is 0 Å². The van der Waals surface area contributed by atoms with Crippen LogP contribution in [-0.4, -0.2) is 15.7 Å². The van der Waals surface area contributed by atoms with Gasteiger partial charge >= 0.3 is 5.97 Å². The fourth-order valence-electron chi connectivity index (χ4n) is 1.47. The molecular weight excluding hydrogens is 237 g/mol. The molecule has 6 heteroatoms. The number of benzene rings is 1. The Kier molecular flexibility index (Phi) is 3.27. The lowest BCUT2D eigenvalue weighted by molar-refractivity contribution is 0.0467. The predicted molar refractivity (Wildman–Crippen MR) is 63.1 cm³/mol. The molecule has 2 rings (SSSR count). The lowest BCUT2D eigenvalue weighted by atomic mass is 10.2. The number of nitrogens with zero attached hydrogens (tertiary/aromatic N) is 2. The summed E-state index contributed by atoms with van der Waals surface area (Å²) < 4.78 is 20.0. The van der Waals surface area contributed by atoms with E-state index >= 15 is 0 Å². The molecule has 18 heavy (non-hydrogen) atoms. The van der Waals surface area contributed by atoms with Gasteiger partial charge in [0.05, 0.1) is 11.8 Å². The molecule has 0 atom stereocenters. The van der Waals surface area contributed by atoms with E-state index < -0.39 is 11.8 Å². The summed E-state index contributed by atoms with van der Waals surface area (Å²) >= 11 is 0. The SMILES string of the molecule is Cn1cc(COC(=O)c2ccc(N)cc2F)cn1. The minimum absolute atomic E-state index is 0.0521. The van der Waals surface area contributed by atoms with Gasteiger partial charge in [0.25, 0.3) is 0 Å². The van der Waals surface area contributed by atoms with E-state index in [0.717, 1.165) is 11.6 Å². The molecule has 5 nitrogen and oxygen atoms in total. The highest BCUT2D eigenvalue weighted by molar-refractivity contribution is 5.90. The summed E-state index contributed by atoms with van der Waals surface area (Å²) in [5, 5.41) is 3.93. The quantitative estimate of drug-likeness (QED) is 0.661. The average molecular weight is 249 g/mol. The maximum atomic E-state index is 13.4. The summed E-state index contributed by atoms with van der Waals surface area (Å²) in [5.74, 6) is -1.41. The summed E-state index contributed by atoms with van der Waals surface area (Å²) in [6, 6.07) is 3.83. The number of nitrogen functional groups attached to an aromatic ring is 1. The Morgan fingerprint density at radius 3 is 2.94 bits per heavy atom. The molecule has 0 saturated heterocycles. The van der Waals surface area contributed by atoms with Crippen LogP contribution < -0.4 is 5.73 Å². The zero-order valence-corrected chi connectivity index (χ0v) is 9.76. The molecule has 0 aliphatic rings. The van der Waals surface area contributed by atoms with Gasteiger partial charge in [0.2, 0.25) is 0 Å². The van der Waals surface area contributed by atoms with Crippen LogP contribution >= 0.6 is 0 Å². The fraction of sp³-hybridized carbons (Fsp3) is 0.167. The van der Waals surface area contributed by atoms with Gasteiger partial charge in [0, 0.05) is 24.5 Å². The van der Waals surface area contributed by atoms with E-state index in [-0.39, 0.29) is 17.9 Å². The Hall–Kier alpha value is -2.37. The van der Waals surface area contributed by atoms with Crippen LogP contribution in [0.3, 0.4) is 0 Å². The van der Waals surface area contributed by atoms with Crippen molar-refractivity contribution in [3.63, 3.8) is 0 Å². The van der Waals surface area contributed by atoms with Crippen molar-refractivity contribution in [3.8, 4) is 0 Å². The molecule has 94 valence electrons. The van der Waals surface area contributed by atoms with Crippen LogP contribution in [0.4, 0.5) is 10.1 Å². The van der Waals surface area contributed by atoms with Gasteiger partial charge in [0.1, 0.15) is 12.4 Å². The molecule has 0 bridgehead atoms. The van der Waals surface area contributed by atoms with Crippen molar-refractivity contribution >= 4 is 11.7 Å². The van der Waals surface area contributed by atoms with E-state index in [4.69, 9.17) is 10.5 Å². The van der Waals surface area contributed by atoms with Gasteiger partial charge in [-0.2, -0.15) is 5.10 Å². The van der Waals surface area contributed by atoms with Crippen molar-refractivity contribution in [1.82, 2.24) is 9.78 Å². The Balaban J connectivity index is 2.03. The van der Waals surface area contributed by atoms with Crippen molar-refractivity contribution in [2.45, 2.75) is 6.61 Å². The molecule has 0 aliphatic heterocycles. The molecule has 0 unspecified atom stereocenters. The maximum absolute atomic E-state index is 13.4. The highest BCUT2D eigenvalue weighted by atomic mass is 19.1. The summed E-state index contributed by atoms with van der Waals surface area (Å²) in [6.45, 7) is 0.0521. The number of carbonyl (C=O) groups excluding carboxylic acids is 1. The van der Waals surface area contributed by atoms with Crippen LogP contribution in [0.1, 0.15) is 15.9 Å². The molecule has 0 radical (unpaired) electrons. The van der Waals surface area contributed by atoms with Crippen LogP contribution in [0.15, 0.2) is 30.6 Å². The standard InChI is InChI=1S/C12H12FN3O2/c1-16-6-8(5-15-16)7-18-12(17)10-3-2-9(14)4-11(10)13/h2-6H,7,14H2,1H3. The van der Waals surface area contributed by atoms with Crippen LogP contribution in [0.2, 0.25) is 0 Å². The zero-order chi connectivity index (χ0) is 13.1. The molecule has 1 aromatic heterocycles. The Morgan fingerprint density at radius 2 is 2.33 bits per heavy atom. The largest absolute Gasteiger partial charge is 0.457 e. The van der Waals surface area contributed by atoms with E-state index in [1.165, 1.54) is 12.1 Å². The predicted octanol–water partition coefficient (Wildman–Crippen LogP) is 1.50. The number of anilines is 1. The van der Waals surface area contributed by atoms with E-state index in [0.29, 0.717) is 0 Å². The zero-order valence-electron chi connectivity index (χ0n) is 9.76. The molecular formula is C12H12FN3O2. The molecule has 0 saturated carbocycles. The number of aryl methyl sites for hydroxylation is 1. The smallest absolute Gasteiger partial charge is 0.341 e. The van der Waals surface area contributed by atoms with Gasteiger partial charge in [-0.15, -0.1) is 0 Å².